The first kappa shape index (κ1) is 17.4. The minimum absolute atomic E-state index is 0.0244. The van der Waals surface area contributed by atoms with E-state index in [-0.39, 0.29) is 17.9 Å². The normalized spacial score (nSPS) is 21.0. The number of carbonyl (C=O) groups excluding carboxylic acids is 2. The molecule has 26 heavy (non-hydrogen) atoms. The van der Waals surface area contributed by atoms with Crippen LogP contribution in [0.2, 0.25) is 5.02 Å². The molecule has 0 spiro atoms. The summed E-state index contributed by atoms with van der Waals surface area (Å²) in [6.45, 7) is 2.35. The Labute approximate surface area is 158 Å². The van der Waals surface area contributed by atoms with Crippen LogP contribution in [0.5, 0.6) is 0 Å². The summed E-state index contributed by atoms with van der Waals surface area (Å²) in [6, 6.07) is 7.89. The molecule has 138 valence electrons. The quantitative estimate of drug-likeness (QED) is 0.885. The van der Waals surface area contributed by atoms with Crippen LogP contribution >= 0.6 is 11.6 Å². The Hall–Kier alpha value is -2.01. The Balaban J connectivity index is 1.52. The Bertz CT molecular complexity index is 832. The van der Waals surface area contributed by atoms with Crippen molar-refractivity contribution in [2.75, 3.05) is 19.6 Å². The zero-order valence-corrected chi connectivity index (χ0v) is 15.6. The second kappa shape index (κ2) is 7.31. The zero-order valence-electron chi connectivity index (χ0n) is 14.8. The highest BCUT2D eigenvalue weighted by atomic mass is 35.5. The predicted octanol–water partition coefficient (Wildman–Crippen LogP) is 3.83. The van der Waals surface area contributed by atoms with Gasteiger partial charge in [0.15, 0.2) is 0 Å². The van der Waals surface area contributed by atoms with Crippen LogP contribution in [0.1, 0.15) is 49.0 Å². The maximum absolute atomic E-state index is 13.2. The molecule has 2 fully saturated rings. The maximum atomic E-state index is 13.2. The number of fused-ring (bicyclic) bond motifs is 1. The largest absolute Gasteiger partial charge is 0.349 e. The van der Waals surface area contributed by atoms with Gasteiger partial charge in [-0.1, -0.05) is 29.8 Å². The van der Waals surface area contributed by atoms with Gasteiger partial charge in [0.05, 0.1) is 5.02 Å². The van der Waals surface area contributed by atoms with E-state index >= 15 is 0 Å². The Kier molecular flexibility index (Phi) is 4.90. The summed E-state index contributed by atoms with van der Waals surface area (Å²) in [5.41, 5.74) is 1.37. The van der Waals surface area contributed by atoms with E-state index in [1.54, 1.807) is 0 Å². The van der Waals surface area contributed by atoms with Crippen molar-refractivity contribution in [3.63, 3.8) is 0 Å². The summed E-state index contributed by atoms with van der Waals surface area (Å²) in [4.78, 5) is 32.1. The number of nitrogens with zero attached hydrogens (tertiary/aromatic N) is 2. The van der Waals surface area contributed by atoms with Crippen molar-refractivity contribution in [1.82, 2.24) is 14.8 Å². The van der Waals surface area contributed by atoms with E-state index in [9.17, 15) is 9.59 Å². The predicted molar refractivity (Wildman–Crippen MR) is 102 cm³/mol. The number of nitrogens with one attached hydrogen (secondary N) is 1. The van der Waals surface area contributed by atoms with Gasteiger partial charge in [-0.05, 0) is 38.2 Å². The monoisotopic (exact) mass is 373 g/mol. The molecule has 1 atom stereocenters. The number of likely N-dealkylation sites (tertiary alicyclic amines) is 2. The van der Waals surface area contributed by atoms with Crippen LogP contribution in [0.4, 0.5) is 0 Å². The van der Waals surface area contributed by atoms with E-state index in [2.05, 4.69) is 4.98 Å². The Morgan fingerprint density at radius 2 is 2.04 bits per heavy atom. The van der Waals surface area contributed by atoms with Gasteiger partial charge >= 0.3 is 0 Å². The van der Waals surface area contributed by atoms with E-state index in [1.165, 1.54) is 0 Å². The number of carbonyl (C=O) groups is 2. The SMILES string of the molecule is O=C1CCCN1CC[C@@H]1CCCCN1C(=O)c1[nH]c2ccccc2c1Cl. The third-order valence-electron chi connectivity index (χ3n) is 5.65. The lowest BCUT2D eigenvalue weighted by atomic mass is 9.98. The molecule has 5 nitrogen and oxygen atoms in total. The van der Waals surface area contributed by atoms with Crippen LogP contribution in [0.25, 0.3) is 10.9 Å². The topological polar surface area (TPSA) is 56.4 Å². The third-order valence-corrected chi connectivity index (χ3v) is 6.04. The lowest BCUT2D eigenvalue weighted by molar-refractivity contribution is -0.127. The van der Waals surface area contributed by atoms with Gasteiger partial charge in [0.25, 0.3) is 5.91 Å². The smallest absolute Gasteiger partial charge is 0.272 e. The average Bonchev–Trinajstić information content (AvgIpc) is 3.23. The van der Waals surface area contributed by atoms with E-state index in [0.29, 0.717) is 17.1 Å². The first-order chi connectivity index (χ1) is 12.6. The molecular weight excluding hydrogens is 350 g/mol. The highest BCUT2D eigenvalue weighted by Crippen LogP contribution is 2.30. The van der Waals surface area contributed by atoms with Gasteiger partial charge in [0, 0.05) is 43.0 Å². The van der Waals surface area contributed by atoms with Gasteiger partial charge in [-0.3, -0.25) is 9.59 Å². The van der Waals surface area contributed by atoms with Crippen molar-refractivity contribution in [3.05, 3.63) is 35.0 Å². The number of aromatic nitrogens is 1. The lowest BCUT2D eigenvalue weighted by Crippen LogP contribution is -2.45. The summed E-state index contributed by atoms with van der Waals surface area (Å²) in [7, 11) is 0. The summed E-state index contributed by atoms with van der Waals surface area (Å²) in [5, 5.41) is 1.39. The minimum Gasteiger partial charge on any atom is -0.349 e. The molecule has 6 heteroatoms. The van der Waals surface area contributed by atoms with Crippen LogP contribution in [0.15, 0.2) is 24.3 Å². The van der Waals surface area contributed by atoms with Crippen molar-refractivity contribution in [1.29, 1.82) is 0 Å². The highest BCUT2D eigenvalue weighted by molar-refractivity contribution is 6.38. The second-order valence-electron chi connectivity index (χ2n) is 7.28. The van der Waals surface area contributed by atoms with Gasteiger partial charge in [0.2, 0.25) is 5.91 Å². The molecular formula is C20H24ClN3O2. The molecule has 2 aliphatic rings. The molecule has 1 aromatic heterocycles. The second-order valence-corrected chi connectivity index (χ2v) is 7.66. The number of hydrogen-bond acceptors (Lipinski definition) is 2. The molecule has 3 heterocycles. The average molecular weight is 374 g/mol. The molecule has 0 radical (unpaired) electrons. The van der Waals surface area contributed by atoms with Crippen molar-refractivity contribution in [3.8, 4) is 0 Å². The number of aromatic amines is 1. The number of halogens is 1. The fourth-order valence-electron chi connectivity index (χ4n) is 4.21. The molecule has 1 aromatic carbocycles. The molecule has 0 aliphatic carbocycles. The van der Waals surface area contributed by atoms with Gasteiger partial charge < -0.3 is 14.8 Å². The van der Waals surface area contributed by atoms with Gasteiger partial charge in [-0.2, -0.15) is 0 Å². The molecule has 1 N–H and O–H groups in total. The van der Waals surface area contributed by atoms with Crippen LogP contribution in [0.3, 0.4) is 0 Å². The summed E-state index contributed by atoms with van der Waals surface area (Å²) >= 11 is 6.49. The first-order valence-corrected chi connectivity index (χ1v) is 9.88. The van der Waals surface area contributed by atoms with Crippen molar-refractivity contribution >= 4 is 34.3 Å². The van der Waals surface area contributed by atoms with Crippen LogP contribution in [0, 0.1) is 0 Å². The lowest BCUT2D eigenvalue weighted by Gasteiger charge is -2.36. The van der Waals surface area contributed by atoms with E-state index in [4.69, 9.17) is 11.6 Å². The molecule has 4 rings (SSSR count). The van der Waals surface area contributed by atoms with Crippen molar-refractivity contribution in [2.24, 2.45) is 0 Å². The van der Waals surface area contributed by atoms with Crippen molar-refractivity contribution in [2.45, 2.75) is 44.6 Å². The Morgan fingerprint density at radius 3 is 2.81 bits per heavy atom. The summed E-state index contributed by atoms with van der Waals surface area (Å²) < 4.78 is 0. The van der Waals surface area contributed by atoms with Crippen molar-refractivity contribution < 1.29 is 9.59 Å². The zero-order chi connectivity index (χ0) is 18.1. The number of benzene rings is 1. The van der Waals surface area contributed by atoms with E-state index in [0.717, 1.165) is 62.6 Å². The van der Waals surface area contributed by atoms with Crippen LogP contribution in [-0.4, -0.2) is 52.3 Å². The fraction of sp³-hybridized carbons (Fsp3) is 0.500. The molecule has 2 aromatic rings. The first-order valence-electron chi connectivity index (χ1n) is 9.50. The van der Waals surface area contributed by atoms with Crippen LogP contribution in [-0.2, 0) is 4.79 Å². The molecule has 0 saturated carbocycles. The standard InChI is InChI=1S/C20H24ClN3O2/c21-18-15-7-1-2-8-16(15)22-19(18)20(26)24-12-4-3-6-14(24)10-13-23-11-5-9-17(23)25/h1-2,7-8,14,22H,3-6,9-13H2/t14-/m0/s1. The number of rotatable bonds is 4. The maximum Gasteiger partial charge on any atom is 0.272 e. The summed E-state index contributed by atoms with van der Waals surface area (Å²) in [5.74, 6) is 0.223. The molecule has 0 unspecified atom stereocenters. The molecule has 2 aliphatic heterocycles. The highest BCUT2D eigenvalue weighted by Gasteiger charge is 2.31. The molecule has 2 saturated heterocycles. The van der Waals surface area contributed by atoms with Gasteiger partial charge in [0.1, 0.15) is 5.69 Å². The third kappa shape index (κ3) is 3.20. The summed E-state index contributed by atoms with van der Waals surface area (Å²) in [6.07, 6.45) is 5.60. The number of piperidine rings is 1. The minimum atomic E-state index is -0.0244. The van der Waals surface area contributed by atoms with E-state index < -0.39 is 0 Å². The van der Waals surface area contributed by atoms with Crippen LogP contribution < -0.4 is 0 Å². The molecule has 2 amide bonds. The van der Waals surface area contributed by atoms with Gasteiger partial charge in [-0.25, -0.2) is 0 Å². The number of para-hydroxylation sites is 1. The van der Waals surface area contributed by atoms with E-state index in [1.807, 2.05) is 34.1 Å². The molecule has 0 bridgehead atoms. The number of amides is 2. The Morgan fingerprint density at radius 1 is 1.19 bits per heavy atom. The number of H-pyrrole nitrogens is 1. The number of hydrogen-bond donors (Lipinski definition) is 1. The van der Waals surface area contributed by atoms with Gasteiger partial charge in [-0.15, -0.1) is 0 Å². The fourth-order valence-corrected chi connectivity index (χ4v) is 4.50.